The molecule has 1 aliphatic rings. The van der Waals surface area contributed by atoms with Gasteiger partial charge in [-0.05, 0) is 29.7 Å². The molecular formula is C9H8BrNS. The quantitative estimate of drug-likeness (QED) is 0.742. The van der Waals surface area contributed by atoms with Crippen LogP contribution in [0.3, 0.4) is 0 Å². The summed E-state index contributed by atoms with van der Waals surface area (Å²) < 4.78 is 1.13. The highest BCUT2D eigenvalue weighted by molar-refractivity contribution is 9.10. The fourth-order valence-corrected chi connectivity index (χ4v) is 2.06. The van der Waals surface area contributed by atoms with E-state index < -0.39 is 0 Å². The summed E-state index contributed by atoms with van der Waals surface area (Å²) in [6, 6.07) is 8.35. The van der Waals surface area contributed by atoms with Crippen LogP contribution in [-0.2, 0) is 0 Å². The lowest BCUT2D eigenvalue weighted by Gasteiger charge is -2.14. The Labute approximate surface area is 84.6 Å². The molecule has 0 saturated carbocycles. The van der Waals surface area contributed by atoms with Crippen LogP contribution in [0.4, 0.5) is 5.69 Å². The summed E-state index contributed by atoms with van der Waals surface area (Å²) in [4.78, 5) is 2.22. The van der Waals surface area contributed by atoms with Gasteiger partial charge >= 0.3 is 0 Å². The fourth-order valence-electron chi connectivity index (χ4n) is 1.08. The van der Waals surface area contributed by atoms with Crippen LogP contribution in [0.2, 0.25) is 0 Å². The number of nitrogens with zero attached hydrogens (tertiary/aromatic N) is 1. The first-order valence-electron chi connectivity index (χ1n) is 3.67. The molecule has 0 unspecified atom stereocenters. The molecule has 62 valence electrons. The maximum atomic E-state index is 3.41. The first kappa shape index (κ1) is 8.20. The van der Waals surface area contributed by atoms with Crippen LogP contribution in [0.15, 0.2) is 40.3 Å². The lowest BCUT2D eigenvalue weighted by atomic mass is 10.3. The predicted octanol–water partition coefficient (Wildman–Crippen LogP) is 3.43. The largest absolute Gasteiger partial charge is 0.337 e. The number of anilines is 1. The van der Waals surface area contributed by atoms with Crippen LogP contribution in [0.25, 0.3) is 0 Å². The van der Waals surface area contributed by atoms with E-state index in [-0.39, 0.29) is 0 Å². The van der Waals surface area contributed by atoms with Gasteiger partial charge in [0.05, 0.1) is 5.88 Å². The predicted molar refractivity (Wildman–Crippen MR) is 58.2 cm³/mol. The maximum Gasteiger partial charge on any atom is 0.0723 e. The van der Waals surface area contributed by atoms with E-state index in [2.05, 4.69) is 56.7 Å². The lowest BCUT2D eigenvalue weighted by Crippen LogP contribution is -2.09. The molecule has 0 fully saturated rings. The van der Waals surface area contributed by atoms with E-state index >= 15 is 0 Å². The van der Waals surface area contributed by atoms with Crippen LogP contribution in [0, 0.1) is 0 Å². The summed E-state index contributed by atoms with van der Waals surface area (Å²) in [5, 5.41) is 2.11. The molecule has 1 heterocycles. The van der Waals surface area contributed by atoms with Crippen molar-refractivity contribution in [3.63, 3.8) is 0 Å². The number of hydrogen-bond donors (Lipinski definition) is 0. The van der Waals surface area contributed by atoms with Gasteiger partial charge in [0.2, 0.25) is 0 Å². The molecule has 0 spiro atoms. The van der Waals surface area contributed by atoms with E-state index in [1.165, 1.54) is 5.69 Å². The SMILES string of the molecule is Brc1ccc(N2C=CSC2)cc1. The Kier molecular flexibility index (Phi) is 2.42. The van der Waals surface area contributed by atoms with E-state index in [1.54, 1.807) is 0 Å². The van der Waals surface area contributed by atoms with Crippen molar-refractivity contribution in [1.29, 1.82) is 0 Å². The van der Waals surface area contributed by atoms with Gasteiger partial charge in [0.15, 0.2) is 0 Å². The normalized spacial score (nSPS) is 15.6. The molecule has 12 heavy (non-hydrogen) atoms. The zero-order chi connectivity index (χ0) is 8.39. The summed E-state index contributed by atoms with van der Waals surface area (Å²) in [5.74, 6) is 1.03. The van der Waals surface area contributed by atoms with Gasteiger partial charge in [-0.15, -0.1) is 11.8 Å². The van der Waals surface area contributed by atoms with Crippen molar-refractivity contribution in [3.8, 4) is 0 Å². The third-order valence-corrected chi connectivity index (χ3v) is 2.98. The highest BCUT2D eigenvalue weighted by atomic mass is 79.9. The van der Waals surface area contributed by atoms with Crippen molar-refractivity contribution < 1.29 is 0 Å². The number of rotatable bonds is 1. The van der Waals surface area contributed by atoms with E-state index in [1.807, 2.05) is 11.8 Å². The molecule has 0 saturated heterocycles. The summed E-state index contributed by atoms with van der Waals surface area (Å²) in [6.45, 7) is 0. The van der Waals surface area contributed by atoms with Crippen molar-refractivity contribution in [1.82, 2.24) is 0 Å². The smallest absolute Gasteiger partial charge is 0.0723 e. The van der Waals surface area contributed by atoms with Gasteiger partial charge in [0.25, 0.3) is 0 Å². The minimum atomic E-state index is 1.03. The van der Waals surface area contributed by atoms with Crippen molar-refractivity contribution in [2.24, 2.45) is 0 Å². The summed E-state index contributed by atoms with van der Waals surface area (Å²) in [7, 11) is 0. The fraction of sp³-hybridized carbons (Fsp3) is 0.111. The van der Waals surface area contributed by atoms with Gasteiger partial charge in [-0.25, -0.2) is 0 Å². The van der Waals surface area contributed by atoms with Crippen molar-refractivity contribution in [2.75, 3.05) is 10.8 Å². The van der Waals surface area contributed by atoms with Crippen molar-refractivity contribution in [2.45, 2.75) is 0 Å². The first-order chi connectivity index (χ1) is 5.86. The second-order valence-corrected chi connectivity index (χ2v) is 4.31. The molecule has 0 aromatic heterocycles. The van der Waals surface area contributed by atoms with Crippen LogP contribution in [0.1, 0.15) is 0 Å². The Morgan fingerprint density at radius 2 is 2.00 bits per heavy atom. The standard InChI is InChI=1S/C9H8BrNS/c10-8-1-3-9(4-2-8)11-5-6-12-7-11/h1-6H,7H2. The molecule has 0 aliphatic carbocycles. The molecule has 1 aromatic rings. The Morgan fingerprint density at radius 1 is 1.25 bits per heavy atom. The molecule has 1 nitrogen and oxygen atoms in total. The van der Waals surface area contributed by atoms with E-state index in [0.29, 0.717) is 0 Å². The van der Waals surface area contributed by atoms with Crippen LogP contribution >= 0.6 is 27.7 Å². The highest BCUT2D eigenvalue weighted by Crippen LogP contribution is 2.24. The van der Waals surface area contributed by atoms with Gasteiger partial charge in [-0.1, -0.05) is 15.9 Å². The van der Waals surface area contributed by atoms with Gasteiger partial charge in [-0.3, -0.25) is 0 Å². The van der Waals surface area contributed by atoms with Crippen LogP contribution in [0.5, 0.6) is 0 Å². The van der Waals surface area contributed by atoms with E-state index in [4.69, 9.17) is 0 Å². The van der Waals surface area contributed by atoms with Gasteiger partial charge < -0.3 is 4.90 Å². The topological polar surface area (TPSA) is 3.24 Å². The van der Waals surface area contributed by atoms with Crippen LogP contribution < -0.4 is 4.90 Å². The molecule has 0 radical (unpaired) electrons. The lowest BCUT2D eigenvalue weighted by molar-refractivity contribution is 1.19. The average molecular weight is 242 g/mol. The molecule has 0 N–H and O–H groups in total. The molecule has 3 heteroatoms. The zero-order valence-corrected chi connectivity index (χ0v) is 8.81. The van der Waals surface area contributed by atoms with Gasteiger partial charge in [-0.2, -0.15) is 0 Å². The average Bonchev–Trinajstić information content (AvgIpc) is 2.58. The number of benzene rings is 1. The summed E-state index contributed by atoms with van der Waals surface area (Å²) in [6.07, 6.45) is 2.11. The van der Waals surface area contributed by atoms with Gasteiger partial charge in [0, 0.05) is 16.4 Å². The number of hydrogen-bond acceptors (Lipinski definition) is 2. The summed E-state index contributed by atoms with van der Waals surface area (Å²) in [5.41, 5.74) is 1.25. The first-order valence-corrected chi connectivity index (χ1v) is 5.51. The second kappa shape index (κ2) is 3.54. The molecule has 0 amide bonds. The summed E-state index contributed by atoms with van der Waals surface area (Å²) >= 11 is 5.23. The van der Waals surface area contributed by atoms with E-state index in [0.717, 1.165) is 10.3 Å². The molecule has 0 atom stereocenters. The van der Waals surface area contributed by atoms with Crippen LogP contribution in [-0.4, -0.2) is 5.88 Å². The molecule has 0 bridgehead atoms. The van der Waals surface area contributed by atoms with E-state index in [9.17, 15) is 0 Å². The van der Waals surface area contributed by atoms with Crippen molar-refractivity contribution in [3.05, 3.63) is 40.3 Å². The zero-order valence-electron chi connectivity index (χ0n) is 6.40. The van der Waals surface area contributed by atoms with Crippen molar-refractivity contribution >= 4 is 33.4 Å². The molecular weight excluding hydrogens is 234 g/mol. The number of thioether (sulfide) groups is 1. The Balaban J connectivity index is 2.23. The third kappa shape index (κ3) is 1.67. The minimum Gasteiger partial charge on any atom is -0.337 e. The minimum absolute atomic E-state index is 1.03. The maximum absolute atomic E-state index is 3.41. The molecule has 1 aromatic carbocycles. The molecule has 1 aliphatic heterocycles. The Bertz CT molecular complexity index is 294. The second-order valence-electron chi connectivity index (χ2n) is 2.53. The Morgan fingerprint density at radius 3 is 2.58 bits per heavy atom. The van der Waals surface area contributed by atoms with Gasteiger partial charge in [0.1, 0.15) is 0 Å². The molecule has 2 rings (SSSR count). The monoisotopic (exact) mass is 241 g/mol. The number of halogens is 1. The Hall–Kier alpha value is -0.410. The third-order valence-electron chi connectivity index (χ3n) is 1.71. The highest BCUT2D eigenvalue weighted by Gasteiger charge is 2.05.